The fourth-order valence-electron chi connectivity index (χ4n) is 1.58. The van der Waals surface area contributed by atoms with E-state index in [0.29, 0.717) is 11.0 Å². The molecule has 1 rings (SSSR count). The van der Waals surface area contributed by atoms with E-state index in [9.17, 15) is 26.0 Å². The minimum absolute atomic E-state index is 0.119. The summed E-state index contributed by atoms with van der Waals surface area (Å²) in [6, 6.07) is 2.44. The van der Waals surface area contributed by atoms with Crippen LogP contribution in [0.15, 0.2) is 23.1 Å². The molecule has 0 atom stereocenters. The van der Waals surface area contributed by atoms with Crippen LogP contribution in [0.5, 0.6) is 0 Å². The van der Waals surface area contributed by atoms with E-state index in [1.807, 2.05) is 0 Å². The first-order valence-electron chi connectivity index (χ1n) is 5.38. The minimum atomic E-state index is -4.54. The lowest BCUT2D eigenvalue weighted by Crippen LogP contribution is -2.38. The number of hydrogen-bond acceptors (Lipinski definition) is 4. The summed E-state index contributed by atoms with van der Waals surface area (Å²) in [6.07, 6.45) is -4.54. The highest BCUT2D eigenvalue weighted by molar-refractivity contribution is 7.89. The van der Waals surface area contributed by atoms with Gasteiger partial charge in [0.2, 0.25) is 10.0 Å². The lowest BCUT2D eigenvalue weighted by molar-refractivity contribution is -0.119. The maximum Gasteiger partial charge on any atom is 0.405 e. The number of anilines is 1. The predicted molar refractivity (Wildman–Crippen MR) is 65.1 cm³/mol. The smallest absolute Gasteiger partial charge is 0.359 e. The van der Waals surface area contributed by atoms with Gasteiger partial charge in [-0.15, -0.1) is 0 Å². The zero-order valence-corrected chi connectivity index (χ0v) is 11.0. The number of sulfonamides is 1. The molecule has 0 aliphatic rings. The quantitative estimate of drug-likeness (QED) is 0.787. The molecule has 0 heterocycles. The van der Waals surface area contributed by atoms with Crippen LogP contribution in [0.4, 0.5) is 23.2 Å². The van der Waals surface area contributed by atoms with E-state index in [-0.39, 0.29) is 18.8 Å². The first kappa shape index (κ1) is 16.7. The number of primary sulfonamides is 1. The number of alkyl halides is 3. The van der Waals surface area contributed by atoms with Gasteiger partial charge in [-0.1, -0.05) is 0 Å². The number of hydrogen-bond donors (Lipinski definition) is 2. The summed E-state index contributed by atoms with van der Waals surface area (Å²) in [7, 11) is -4.12. The highest BCUT2D eigenvalue weighted by atomic mass is 32.2. The van der Waals surface area contributed by atoms with Gasteiger partial charge in [0, 0.05) is 13.1 Å². The van der Waals surface area contributed by atoms with Gasteiger partial charge in [-0.3, -0.25) is 0 Å². The molecule has 0 fully saturated rings. The van der Waals surface area contributed by atoms with E-state index >= 15 is 0 Å². The van der Waals surface area contributed by atoms with Gasteiger partial charge in [-0.2, -0.15) is 13.2 Å². The number of benzene rings is 1. The van der Waals surface area contributed by atoms with Crippen molar-refractivity contribution in [1.82, 2.24) is 0 Å². The van der Waals surface area contributed by atoms with E-state index in [0.717, 1.165) is 12.1 Å². The topological polar surface area (TPSA) is 89.4 Å². The number of nitrogens with two attached hydrogens (primary N) is 2. The van der Waals surface area contributed by atoms with Gasteiger partial charge in [0.1, 0.15) is 12.4 Å². The molecule has 1 aromatic rings. The Morgan fingerprint density at radius 3 is 2.25 bits per heavy atom. The van der Waals surface area contributed by atoms with Gasteiger partial charge >= 0.3 is 6.18 Å². The lowest BCUT2D eigenvalue weighted by atomic mass is 10.2. The van der Waals surface area contributed by atoms with Gasteiger partial charge in [0.25, 0.3) is 0 Å². The van der Waals surface area contributed by atoms with Crippen LogP contribution in [0.2, 0.25) is 0 Å². The van der Waals surface area contributed by atoms with Crippen molar-refractivity contribution >= 4 is 15.7 Å². The molecule has 0 amide bonds. The molecule has 10 heteroatoms. The van der Waals surface area contributed by atoms with Crippen LogP contribution >= 0.6 is 0 Å². The molecular weight excluding hydrogens is 302 g/mol. The highest BCUT2D eigenvalue weighted by Gasteiger charge is 2.31. The number of nitrogens with zero attached hydrogens (tertiary/aromatic N) is 1. The lowest BCUT2D eigenvalue weighted by Gasteiger charge is -2.25. The van der Waals surface area contributed by atoms with E-state index in [4.69, 9.17) is 10.9 Å². The zero-order chi connectivity index (χ0) is 15.6. The van der Waals surface area contributed by atoms with Crippen molar-refractivity contribution in [2.45, 2.75) is 11.1 Å². The first-order valence-corrected chi connectivity index (χ1v) is 6.93. The van der Waals surface area contributed by atoms with Crippen LogP contribution in [0.25, 0.3) is 0 Å². The van der Waals surface area contributed by atoms with E-state index < -0.39 is 33.5 Å². The average Bonchev–Trinajstić information content (AvgIpc) is 2.25. The summed E-state index contributed by atoms with van der Waals surface area (Å²) < 4.78 is 73.0. The molecule has 0 aliphatic carbocycles. The summed E-state index contributed by atoms with van der Waals surface area (Å²) in [5.74, 6) is -1.12. The second-order valence-corrected chi connectivity index (χ2v) is 5.55. The molecule has 4 N–H and O–H groups in total. The van der Waals surface area contributed by atoms with E-state index in [1.54, 1.807) is 0 Å². The van der Waals surface area contributed by atoms with Crippen molar-refractivity contribution in [1.29, 1.82) is 0 Å². The Balaban J connectivity index is 3.15. The number of rotatable bonds is 5. The van der Waals surface area contributed by atoms with Crippen LogP contribution in [-0.2, 0) is 10.0 Å². The van der Waals surface area contributed by atoms with Crippen LogP contribution < -0.4 is 15.8 Å². The predicted octanol–water partition coefficient (Wildman–Crippen LogP) is 0.801. The molecule has 0 spiro atoms. The normalized spacial score (nSPS) is 12.5. The first-order chi connectivity index (χ1) is 9.04. The summed E-state index contributed by atoms with van der Waals surface area (Å²) in [4.78, 5) is 0.167. The summed E-state index contributed by atoms with van der Waals surface area (Å²) in [5, 5.41) is 4.80. The van der Waals surface area contributed by atoms with Crippen LogP contribution in [0, 0.1) is 5.82 Å². The van der Waals surface area contributed by atoms with Crippen LogP contribution in [0.3, 0.4) is 0 Å². The molecule has 0 saturated heterocycles. The monoisotopic (exact) mass is 315 g/mol. The molecule has 0 unspecified atom stereocenters. The average molecular weight is 315 g/mol. The van der Waals surface area contributed by atoms with Gasteiger partial charge in [-0.05, 0) is 18.2 Å². The molecule has 0 aliphatic heterocycles. The molecule has 0 aromatic heterocycles. The Kier molecular flexibility index (Phi) is 4.95. The molecule has 0 saturated carbocycles. The minimum Gasteiger partial charge on any atom is -0.359 e. The summed E-state index contributed by atoms with van der Waals surface area (Å²) in [6.45, 7) is -1.74. The SMILES string of the molecule is NCCN(CC(F)(F)F)c1ccc(S(N)(=O)=O)cc1F. The second kappa shape index (κ2) is 5.94. The van der Waals surface area contributed by atoms with Crippen molar-refractivity contribution < 1.29 is 26.0 Å². The third kappa shape index (κ3) is 4.62. The van der Waals surface area contributed by atoms with Crippen molar-refractivity contribution in [2.75, 3.05) is 24.5 Å². The molecular formula is C10H13F4N3O2S. The zero-order valence-electron chi connectivity index (χ0n) is 10.2. The van der Waals surface area contributed by atoms with Gasteiger partial charge < -0.3 is 10.6 Å². The Bertz CT molecular complexity index is 574. The summed E-state index contributed by atoms with van der Waals surface area (Å²) in [5.41, 5.74) is 4.80. The number of halogens is 4. The molecule has 5 nitrogen and oxygen atoms in total. The third-order valence-corrected chi connectivity index (χ3v) is 3.27. The van der Waals surface area contributed by atoms with Gasteiger partial charge in [-0.25, -0.2) is 17.9 Å². The third-order valence-electron chi connectivity index (χ3n) is 2.36. The standard InChI is InChI=1S/C10H13F4N3O2S/c11-8-5-7(20(16,18)19)1-2-9(8)17(4-3-15)6-10(12,13)14/h1-2,5H,3-4,6,15H2,(H2,16,18,19). The van der Waals surface area contributed by atoms with Crippen LogP contribution in [0.1, 0.15) is 0 Å². The molecule has 114 valence electrons. The van der Waals surface area contributed by atoms with Crippen molar-refractivity contribution in [3.63, 3.8) is 0 Å². The van der Waals surface area contributed by atoms with Crippen LogP contribution in [-0.4, -0.2) is 34.2 Å². The van der Waals surface area contributed by atoms with E-state index in [1.165, 1.54) is 0 Å². The van der Waals surface area contributed by atoms with Gasteiger partial charge in [0.15, 0.2) is 0 Å². The molecule has 0 bridgehead atoms. The molecule has 1 aromatic carbocycles. The molecule has 20 heavy (non-hydrogen) atoms. The van der Waals surface area contributed by atoms with Crippen molar-refractivity contribution in [2.24, 2.45) is 10.9 Å². The van der Waals surface area contributed by atoms with Crippen molar-refractivity contribution in [3.05, 3.63) is 24.0 Å². The maximum absolute atomic E-state index is 13.8. The maximum atomic E-state index is 13.8. The molecule has 0 radical (unpaired) electrons. The van der Waals surface area contributed by atoms with E-state index in [2.05, 4.69) is 0 Å². The summed E-state index contributed by atoms with van der Waals surface area (Å²) >= 11 is 0. The Morgan fingerprint density at radius 1 is 1.25 bits per heavy atom. The highest BCUT2D eigenvalue weighted by Crippen LogP contribution is 2.26. The second-order valence-electron chi connectivity index (χ2n) is 3.98. The van der Waals surface area contributed by atoms with Gasteiger partial charge in [0.05, 0.1) is 10.6 Å². The Morgan fingerprint density at radius 2 is 1.85 bits per heavy atom. The largest absolute Gasteiger partial charge is 0.405 e. The Labute approximate surface area is 113 Å². The fourth-order valence-corrected chi connectivity index (χ4v) is 2.10. The fraction of sp³-hybridized carbons (Fsp3) is 0.400. The Hall–Kier alpha value is -1.39. The van der Waals surface area contributed by atoms with Crippen molar-refractivity contribution in [3.8, 4) is 0 Å².